The summed E-state index contributed by atoms with van der Waals surface area (Å²) in [6.07, 6.45) is 0.324. The molecule has 1 aromatic carbocycles. The van der Waals surface area contributed by atoms with Crippen molar-refractivity contribution in [3.05, 3.63) is 29.8 Å². The number of nitrogens with zero attached hydrogens (tertiary/aromatic N) is 3. The molecule has 1 aliphatic rings. The molecule has 1 aromatic rings. The van der Waals surface area contributed by atoms with Gasteiger partial charge in [-0.3, -0.25) is 4.79 Å². The molecule has 0 aliphatic carbocycles. The van der Waals surface area contributed by atoms with E-state index in [0.717, 1.165) is 0 Å². The van der Waals surface area contributed by atoms with Gasteiger partial charge in [-0.25, -0.2) is 13.2 Å². The van der Waals surface area contributed by atoms with Gasteiger partial charge in [0.1, 0.15) is 0 Å². The quantitative estimate of drug-likeness (QED) is 0.689. The van der Waals surface area contributed by atoms with Crippen molar-refractivity contribution >= 4 is 22.0 Å². The van der Waals surface area contributed by atoms with E-state index in [1.54, 1.807) is 0 Å². The van der Waals surface area contributed by atoms with Crippen molar-refractivity contribution in [3.8, 4) is 6.07 Å². The standard InChI is InChI=1S/C16H20N4O5S/c17-12-13-3-5-14(6-4-13)26(24,25)20-10-8-19(9-11-20)16(23)18-7-1-2-15(21)22/h3-6H,1-2,7-11H2,(H,18,23)(H,21,22). The summed E-state index contributed by atoms with van der Waals surface area (Å²) in [7, 11) is -3.67. The maximum absolute atomic E-state index is 12.6. The zero-order valence-corrected chi connectivity index (χ0v) is 14.9. The molecule has 140 valence electrons. The largest absolute Gasteiger partial charge is 0.481 e. The lowest BCUT2D eigenvalue weighted by atomic mass is 10.2. The third kappa shape index (κ3) is 4.93. The molecule has 2 amide bonds. The Morgan fingerprint density at radius 1 is 1.15 bits per heavy atom. The van der Waals surface area contributed by atoms with Crippen LogP contribution in [0.2, 0.25) is 0 Å². The molecule has 0 radical (unpaired) electrons. The highest BCUT2D eigenvalue weighted by Gasteiger charge is 2.30. The Morgan fingerprint density at radius 2 is 1.77 bits per heavy atom. The minimum absolute atomic E-state index is 0.0170. The van der Waals surface area contributed by atoms with Crippen molar-refractivity contribution in [1.29, 1.82) is 5.26 Å². The van der Waals surface area contributed by atoms with Gasteiger partial charge in [0.2, 0.25) is 10.0 Å². The number of carboxylic acid groups (broad SMARTS) is 1. The topological polar surface area (TPSA) is 131 Å². The molecule has 9 nitrogen and oxygen atoms in total. The lowest BCUT2D eigenvalue weighted by Gasteiger charge is -2.34. The van der Waals surface area contributed by atoms with Crippen LogP contribution in [0.1, 0.15) is 18.4 Å². The maximum atomic E-state index is 12.6. The fraction of sp³-hybridized carbons (Fsp3) is 0.438. The number of benzene rings is 1. The van der Waals surface area contributed by atoms with Gasteiger partial charge in [-0.15, -0.1) is 0 Å². The highest BCUT2D eigenvalue weighted by atomic mass is 32.2. The Balaban J connectivity index is 1.87. The van der Waals surface area contributed by atoms with Gasteiger partial charge in [0, 0.05) is 39.1 Å². The number of carbonyl (C=O) groups excluding carboxylic acids is 1. The second-order valence-corrected chi connectivity index (χ2v) is 7.69. The summed E-state index contributed by atoms with van der Waals surface area (Å²) in [5.41, 5.74) is 0.383. The predicted octanol–water partition coefficient (Wildman–Crippen LogP) is 0.439. The predicted molar refractivity (Wildman–Crippen MR) is 91.8 cm³/mol. The molecule has 0 atom stereocenters. The van der Waals surface area contributed by atoms with E-state index >= 15 is 0 Å². The van der Waals surface area contributed by atoms with Crippen LogP contribution in [-0.4, -0.2) is 67.5 Å². The first kappa shape index (κ1) is 19.7. The van der Waals surface area contributed by atoms with Crippen molar-refractivity contribution in [1.82, 2.24) is 14.5 Å². The molecule has 0 aromatic heterocycles. The van der Waals surface area contributed by atoms with Crippen molar-refractivity contribution < 1.29 is 23.1 Å². The van der Waals surface area contributed by atoms with Gasteiger partial charge in [0.25, 0.3) is 0 Å². The number of aliphatic carboxylic acids is 1. The van der Waals surface area contributed by atoms with Gasteiger partial charge in [-0.05, 0) is 30.7 Å². The van der Waals surface area contributed by atoms with Crippen LogP contribution in [0.15, 0.2) is 29.2 Å². The Hall–Kier alpha value is -2.64. The highest BCUT2D eigenvalue weighted by Crippen LogP contribution is 2.18. The SMILES string of the molecule is N#Cc1ccc(S(=O)(=O)N2CCN(C(=O)NCCCC(=O)O)CC2)cc1. The maximum Gasteiger partial charge on any atom is 0.317 e. The van der Waals surface area contributed by atoms with E-state index in [-0.39, 0.29) is 50.1 Å². The molecule has 26 heavy (non-hydrogen) atoms. The van der Waals surface area contributed by atoms with Gasteiger partial charge < -0.3 is 15.3 Å². The summed E-state index contributed by atoms with van der Waals surface area (Å²) < 4.78 is 26.5. The van der Waals surface area contributed by atoms with E-state index in [9.17, 15) is 18.0 Å². The van der Waals surface area contributed by atoms with E-state index in [4.69, 9.17) is 10.4 Å². The number of nitrogens with one attached hydrogen (secondary N) is 1. The van der Waals surface area contributed by atoms with Gasteiger partial charge in [0.05, 0.1) is 16.5 Å². The van der Waals surface area contributed by atoms with Crippen molar-refractivity contribution in [2.75, 3.05) is 32.7 Å². The van der Waals surface area contributed by atoms with Gasteiger partial charge >= 0.3 is 12.0 Å². The van der Waals surface area contributed by atoms with Crippen LogP contribution >= 0.6 is 0 Å². The number of rotatable bonds is 6. The number of amides is 2. The summed E-state index contributed by atoms with van der Waals surface area (Å²) in [4.78, 5) is 24.1. The number of piperazine rings is 1. The number of nitriles is 1. The fourth-order valence-electron chi connectivity index (χ4n) is 2.53. The Kier molecular flexibility index (Phi) is 6.54. The summed E-state index contributed by atoms with van der Waals surface area (Å²) >= 11 is 0. The lowest BCUT2D eigenvalue weighted by Crippen LogP contribution is -2.53. The number of hydrogen-bond donors (Lipinski definition) is 2. The summed E-state index contributed by atoms with van der Waals surface area (Å²) in [6, 6.07) is 7.31. The number of urea groups is 1. The summed E-state index contributed by atoms with van der Waals surface area (Å²) in [5, 5.41) is 20.0. The Bertz CT molecular complexity index is 793. The fourth-order valence-corrected chi connectivity index (χ4v) is 3.95. The molecule has 1 heterocycles. The number of sulfonamides is 1. The molecule has 0 spiro atoms. The molecule has 0 unspecified atom stereocenters. The second kappa shape index (κ2) is 8.64. The first-order valence-electron chi connectivity index (χ1n) is 8.09. The molecule has 0 saturated carbocycles. The highest BCUT2D eigenvalue weighted by molar-refractivity contribution is 7.89. The van der Waals surface area contributed by atoms with Gasteiger partial charge in [0.15, 0.2) is 0 Å². The van der Waals surface area contributed by atoms with Crippen LogP contribution in [0.5, 0.6) is 0 Å². The summed E-state index contributed by atoms with van der Waals surface area (Å²) in [5.74, 6) is -0.916. The molecule has 1 fully saturated rings. The van der Waals surface area contributed by atoms with Crippen LogP contribution in [0.3, 0.4) is 0 Å². The van der Waals surface area contributed by atoms with Crippen molar-refractivity contribution in [2.45, 2.75) is 17.7 Å². The van der Waals surface area contributed by atoms with Crippen molar-refractivity contribution in [3.63, 3.8) is 0 Å². The average Bonchev–Trinajstić information content (AvgIpc) is 2.65. The molecule has 2 rings (SSSR count). The zero-order chi connectivity index (χ0) is 19.2. The van der Waals surface area contributed by atoms with Crippen LogP contribution in [0.25, 0.3) is 0 Å². The molecular weight excluding hydrogens is 360 g/mol. The molecule has 10 heteroatoms. The number of carbonyl (C=O) groups is 2. The Morgan fingerprint density at radius 3 is 2.31 bits per heavy atom. The second-order valence-electron chi connectivity index (χ2n) is 5.76. The molecule has 0 bridgehead atoms. The summed E-state index contributed by atoms with van der Waals surface area (Å²) in [6.45, 7) is 1.10. The van der Waals surface area contributed by atoms with Crippen LogP contribution in [-0.2, 0) is 14.8 Å². The minimum Gasteiger partial charge on any atom is -0.481 e. The zero-order valence-electron chi connectivity index (χ0n) is 14.1. The molecule has 2 N–H and O–H groups in total. The first-order valence-corrected chi connectivity index (χ1v) is 9.53. The van der Waals surface area contributed by atoms with Crippen LogP contribution in [0.4, 0.5) is 4.79 Å². The van der Waals surface area contributed by atoms with E-state index in [1.807, 2.05) is 6.07 Å². The first-order chi connectivity index (χ1) is 12.3. The Labute approximate surface area is 151 Å². The molecule has 1 aliphatic heterocycles. The number of hydrogen-bond acceptors (Lipinski definition) is 5. The van der Waals surface area contributed by atoms with Crippen molar-refractivity contribution in [2.24, 2.45) is 0 Å². The van der Waals surface area contributed by atoms with Gasteiger partial charge in [-0.2, -0.15) is 9.57 Å². The normalized spacial score (nSPS) is 15.3. The van der Waals surface area contributed by atoms with Crippen LogP contribution in [0, 0.1) is 11.3 Å². The third-order valence-electron chi connectivity index (χ3n) is 3.99. The van der Waals surface area contributed by atoms with E-state index in [0.29, 0.717) is 12.0 Å². The number of carboxylic acids is 1. The van der Waals surface area contributed by atoms with E-state index in [1.165, 1.54) is 33.5 Å². The average molecular weight is 380 g/mol. The lowest BCUT2D eigenvalue weighted by molar-refractivity contribution is -0.137. The van der Waals surface area contributed by atoms with E-state index in [2.05, 4.69) is 5.32 Å². The molecular formula is C16H20N4O5S. The monoisotopic (exact) mass is 380 g/mol. The van der Waals surface area contributed by atoms with Gasteiger partial charge in [-0.1, -0.05) is 0 Å². The van der Waals surface area contributed by atoms with E-state index < -0.39 is 16.0 Å². The smallest absolute Gasteiger partial charge is 0.317 e. The third-order valence-corrected chi connectivity index (χ3v) is 5.90. The van der Waals surface area contributed by atoms with Crippen LogP contribution < -0.4 is 5.32 Å². The molecule has 1 saturated heterocycles. The minimum atomic E-state index is -3.67.